The second-order valence-electron chi connectivity index (χ2n) is 6.99. The lowest BCUT2D eigenvalue weighted by molar-refractivity contribution is -0.153. The summed E-state index contributed by atoms with van der Waals surface area (Å²) in [5.74, 6) is -1.20. The van der Waals surface area contributed by atoms with Crippen molar-refractivity contribution in [2.45, 2.75) is 44.3 Å². The Bertz CT molecular complexity index is 865. The van der Waals surface area contributed by atoms with Crippen molar-refractivity contribution in [1.29, 1.82) is 0 Å². The minimum absolute atomic E-state index is 0.0868. The number of carbonyl (C=O) groups is 1. The van der Waals surface area contributed by atoms with Gasteiger partial charge in [-0.3, -0.25) is 9.78 Å². The number of nitrogens with zero attached hydrogens (tertiary/aromatic N) is 4. The lowest BCUT2D eigenvalue weighted by Crippen LogP contribution is -2.36. The van der Waals surface area contributed by atoms with Gasteiger partial charge in [-0.1, -0.05) is 5.21 Å². The molecule has 0 fully saturated rings. The first kappa shape index (κ1) is 22.7. The quantitative estimate of drug-likeness (QED) is 0.649. The Labute approximate surface area is 166 Å². The predicted molar refractivity (Wildman–Crippen MR) is 96.3 cm³/mol. The first-order valence-electron chi connectivity index (χ1n) is 8.30. The van der Waals surface area contributed by atoms with E-state index in [-0.39, 0.29) is 11.4 Å². The van der Waals surface area contributed by atoms with Crippen LogP contribution >= 0.6 is 0 Å². The van der Waals surface area contributed by atoms with Crippen LogP contribution in [0.1, 0.15) is 38.2 Å². The molecular weight excluding hydrogens is 415 g/mol. The highest BCUT2D eigenvalue weighted by Gasteiger charge is 2.29. The third-order valence-electron chi connectivity index (χ3n) is 3.39. The Morgan fingerprint density at radius 2 is 2.00 bits per heavy atom. The largest absolute Gasteiger partial charge is 0.483 e. The molecule has 0 saturated carbocycles. The topological polar surface area (TPSA) is 119 Å². The Morgan fingerprint density at radius 3 is 2.52 bits per heavy atom. The van der Waals surface area contributed by atoms with Crippen molar-refractivity contribution in [2.75, 3.05) is 6.61 Å². The van der Waals surface area contributed by atoms with Crippen molar-refractivity contribution >= 4 is 17.0 Å². The van der Waals surface area contributed by atoms with Crippen molar-refractivity contribution in [3.63, 3.8) is 0 Å². The third kappa shape index (κ3) is 7.09. The predicted octanol–water partition coefficient (Wildman–Crippen LogP) is 1.84. The molecule has 29 heavy (non-hydrogen) atoms. The van der Waals surface area contributed by atoms with Crippen molar-refractivity contribution in [2.24, 2.45) is 0 Å². The number of aliphatic carboxylic acids is 1. The van der Waals surface area contributed by atoms with Gasteiger partial charge in [0.1, 0.15) is 24.0 Å². The molecule has 0 aliphatic carbocycles. The van der Waals surface area contributed by atoms with Gasteiger partial charge in [-0.15, -0.1) is 5.10 Å². The standard InChI is InChI=1S/C16H20F3N5O4S/c1-15(2,3)29(27)22-14(12-7-24(23-21-12)8-13(25)26)11-5-4-10(6-20-11)28-9-16(17,18)19/h4-7,14,22H,8-9H2,1-3H3,(H,25,26)/t14-,29?/m1/s1. The summed E-state index contributed by atoms with van der Waals surface area (Å²) < 4.78 is 57.3. The second-order valence-corrected chi connectivity index (χ2v) is 8.99. The summed E-state index contributed by atoms with van der Waals surface area (Å²) >= 11 is 0. The van der Waals surface area contributed by atoms with Gasteiger partial charge in [0.2, 0.25) is 0 Å². The van der Waals surface area contributed by atoms with Crippen LogP contribution in [0.5, 0.6) is 5.75 Å². The van der Waals surface area contributed by atoms with E-state index >= 15 is 0 Å². The monoisotopic (exact) mass is 435 g/mol. The molecule has 0 aromatic carbocycles. The average molecular weight is 435 g/mol. The van der Waals surface area contributed by atoms with Gasteiger partial charge in [0.05, 0.1) is 33.8 Å². The molecule has 0 amide bonds. The van der Waals surface area contributed by atoms with Crippen LogP contribution in [0.15, 0.2) is 24.5 Å². The maximum atomic E-state index is 12.6. The fraction of sp³-hybridized carbons (Fsp3) is 0.500. The number of ether oxygens (including phenoxy) is 1. The van der Waals surface area contributed by atoms with Gasteiger partial charge in [0.15, 0.2) is 6.61 Å². The Balaban J connectivity index is 2.28. The fourth-order valence-corrected chi connectivity index (χ4v) is 2.84. The van der Waals surface area contributed by atoms with Gasteiger partial charge in [0, 0.05) is 0 Å². The van der Waals surface area contributed by atoms with Gasteiger partial charge < -0.3 is 9.84 Å². The van der Waals surface area contributed by atoms with E-state index in [9.17, 15) is 22.2 Å². The number of hydrogen-bond donors (Lipinski definition) is 2. The van der Waals surface area contributed by atoms with Crippen LogP contribution in [0.3, 0.4) is 0 Å². The number of carboxylic acids is 1. The summed E-state index contributed by atoms with van der Waals surface area (Å²) in [5.41, 5.74) is 0.546. The molecule has 0 radical (unpaired) electrons. The molecule has 160 valence electrons. The van der Waals surface area contributed by atoms with Gasteiger partial charge in [-0.25, -0.2) is 13.6 Å². The zero-order valence-corrected chi connectivity index (χ0v) is 16.6. The number of halogens is 3. The summed E-state index contributed by atoms with van der Waals surface area (Å²) in [7, 11) is -1.55. The maximum Gasteiger partial charge on any atom is 0.422 e. The molecule has 0 aliphatic rings. The number of rotatable bonds is 8. The van der Waals surface area contributed by atoms with Crippen LogP contribution in [0, 0.1) is 0 Å². The van der Waals surface area contributed by atoms with Gasteiger partial charge in [-0.05, 0) is 32.9 Å². The SMILES string of the molecule is CC(C)(C)S(=O)N[C@H](c1ccc(OCC(F)(F)F)cn1)c1cn(CC(=O)O)nn1. The van der Waals surface area contributed by atoms with E-state index in [1.165, 1.54) is 18.3 Å². The van der Waals surface area contributed by atoms with Gasteiger partial charge in [-0.2, -0.15) is 13.2 Å². The number of alkyl halides is 3. The van der Waals surface area contributed by atoms with Crippen molar-refractivity contribution in [1.82, 2.24) is 24.7 Å². The lowest BCUT2D eigenvalue weighted by atomic mass is 10.1. The van der Waals surface area contributed by atoms with Crippen molar-refractivity contribution < 1.29 is 32.0 Å². The molecule has 13 heteroatoms. The maximum absolute atomic E-state index is 12.6. The van der Waals surface area contributed by atoms with Crippen molar-refractivity contribution in [3.8, 4) is 5.75 Å². The molecule has 2 atom stereocenters. The minimum atomic E-state index is -4.48. The normalized spacial score (nSPS) is 14.4. The van der Waals surface area contributed by atoms with E-state index in [4.69, 9.17) is 5.11 Å². The van der Waals surface area contributed by atoms with Crippen LogP contribution in [-0.4, -0.2) is 52.8 Å². The van der Waals surface area contributed by atoms with E-state index in [1.54, 1.807) is 20.8 Å². The number of aromatic nitrogens is 4. The van der Waals surface area contributed by atoms with E-state index in [0.29, 0.717) is 5.69 Å². The summed E-state index contributed by atoms with van der Waals surface area (Å²) in [6, 6.07) is 1.86. The molecular formula is C16H20F3N5O4S. The third-order valence-corrected chi connectivity index (χ3v) is 4.95. The molecule has 2 heterocycles. The fourth-order valence-electron chi connectivity index (χ4n) is 2.03. The van der Waals surface area contributed by atoms with Gasteiger partial charge in [0.25, 0.3) is 0 Å². The molecule has 0 saturated heterocycles. The summed E-state index contributed by atoms with van der Waals surface area (Å²) in [6.07, 6.45) is -2.01. The minimum Gasteiger partial charge on any atom is -0.483 e. The number of carboxylic acid groups (broad SMARTS) is 1. The molecule has 2 aromatic rings. The first-order chi connectivity index (χ1) is 13.3. The van der Waals surface area contributed by atoms with Crippen LogP contribution < -0.4 is 9.46 Å². The van der Waals surface area contributed by atoms with Crippen LogP contribution in [0.2, 0.25) is 0 Å². The number of hydrogen-bond acceptors (Lipinski definition) is 6. The molecule has 2 aromatic heterocycles. The average Bonchev–Trinajstić information content (AvgIpc) is 3.04. The molecule has 2 rings (SSSR count). The molecule has 9 nitrogen and oxygen atoms in total. The van der Waals surface area contributed by atoms with Crippen LogP contribution in [-0.2, 0) is 22.3 Å². The van der Waals surface area contributed by atoms with Crippen molar-refractivity contribution in [3.05, 3.63) is 35.9 Å². The highest BCUT2D eigenvalue weighted by molar-refractivity contribution is 7.84. The van der Waals surface area contributed by atoms with E-state index in [0.717, 1.165) is 10.9 Å². The number of pyridine rings is 1. The zero-order valence-electron chi connectivity index (χ0n) is 15.8. The van der Waals surface area contributed by atoms with E-state index < -0.39 is 47.1 Å². The Hall–Kier alpha value is -2.54. The number of nitrogens with one attached hydrogen (secondary N) is 1. The summed E-state index contributed by atoms with van der Waals surface area (Å²) in [4.78, 5) is 14.9. The summed E-state index contributed by atoms with van der Waals surface area (Å²) in [5, 5.41) is 16.5. The highest BCUT2D eigenvalue weighted by atomic mass is 32.2. The zero-order chi connectivity index (χ0) is 21.8. The molecule has 1 unspecified atom stereocenters. The van der Waals surface area contributed by atoms with E-state index in [1.807, 2.05) is 0 Å². The Morgan fingerprint density at radius 1 is 1.31 bits per heavy atom. The molecule has 0 aliphatic heterocycles. The Kier molecular flexibility index (Phi) is 6.95. The van der Waals surface area contributed by atoms with E-state index in [2.05, 4.69) is 24.8 Å². The molecule has 0 spiro atoms. The molecule has 2 N–H and O–H groups in total. The van der Waals surface area contributed by atoms with Gasteiger partial charge >= 0.3 is 12.1 Å². The second kappa shape index (κ2) is 8.86. The first-order valence-corrected chi connectivity index (χ1v) is 9.45. The smallest absolute Gasteiger partial charge is 0.422 e. The summed E-state index contributed by atoms with van der Waals surface area (Å²) in [6.45, 7) is 3.37. The van der Waals surface area contributed by atoms with Crippen LogP contribution in [0.25, 0.3) is 0 Å². The molecule has 0 bridgehead atoms. The van der Waals surface area contributed by atoms with Crippen LogP contribution in [0.4, 0.5) is 13.2 Å². The lowest BCUT2D eigenvalue weighted by Gasteiger charge is -2.23. The highest BCUT2D eigenvalue weighted by Crippen LogP contribution is 2.24.